The molecule has 0 atom stereocenters. The van der Waals surface area contributed by atoms with E-state index in [-0.39, 0.29) is 5.91 Å². The van der Waals surface area contributed by atoms with Gasteiger partial charge in [0, 0.05) is 16.9 Å². The van der Waals surface area contributed by atoms with Gasteiger partial charge in [0.1, 0.15) is 0 Å². The van der Waals surface area contributed by atoms with Gasteiger partial charge in [-0.05, 0) is 43.3 Å². The minimum absolute atomic E-state index is 0.0318. The third-order valence-corrected chi connectivity index (χ3v) is 3.53. The number of hydrogen-bond donors (Lipinski definition) is 0. The summed E-state index contributed by atoms with van der Waals surface area (Å²) >= 11 is 0. The van der Waals surface area contributed by atoms with Gasteiger partial charge in [-0.1, -0.05) is 54.1 Å². The van der Waals surface area contributed by atoms with Crippen LogP contribution in [0.15, 0.2) is 84.9 Å². The molecule has 3 rings (SSSR count). The van der Waals surface area contributed by atoms with Crippen LogP contribution in [0.5, 0.6) is 0 Å². The zero-order valence-electron chi connectivity index (χ0n) is 12.4. The van der Waals surface area contributed by atoms with Gasteiger partial charge in [0.2, 0.25) is 0 Å². The molecule has 3 aromatic rings. The first-order valence-electron chi connectivity index (χ1n) is 7.27. The zero-order chi connectivity index (χ0) is 15.4. The molecule has 3 aromatic carbocycles. The van der Waals surface area contributed by atoms with Gasteiger partial charge in [-0.25, -0.2) is 0 Å². The van der Waals surface area contributed by atoms with Crippen LogP contribution in [-0.4, -0.2) is 5.91 Å². The van der Waals surface area contributed by atoms with Crippen molar-refractivity contribution in [3.05, 3.63) is 96.1 Å². The number of aryl methyl sites for hydroxylation is 1. The summed E-state index contributed by atoms with van der Waals surface area (Å²) in [6.45, 7) is 2.04. The Hall–Kier alpha value is -2.87. The van der Waals surface area contributed by atoms with E-state index in [1.807, 2.05) is 91.9 Å². The summed E-state index contributed by atoms with van der Waals surface area (Å²) in [6, 6.07) is 27.1. The molecule has 0 spiro atoms. The van der Waals surface area contributed by atoms with Crippen molar-refractivity contribution in [3.63, 3.8) is 0 Å². The van der Waals surface area contributed by atoms with E-state index in [2.05, 4.69) is 0 Å². The maximum absolute atomic E-state index is 13.0. The highest BCUT2D eigenvalue weighted by Gasteiger charge is 2.19. The van der Waals surface area contributed by atoms with E-state index in [9.17, 15) is 4.79 Å². The first-order chi connectivity index (χ1) is 10.8. The van der Waals surface area contributed by atoms with E-state index in [0.717, 1.165) is 11.4 Å². The molecule has 2 nitrogen and oxygen atoms in total. The summed E-state index contributed by atoms with van der Waals surface area (Å²) in [7, 11) is 0. The van der Waals surface area contributed by atoms with Crippen LogP contribution in [0.2, 0.25) is 0 Å². The molecule has 0 saturated carbocycles. The lowest BCUT2D eigenvalue weighted by Gasteiger charge is -2.23. The number of carbonyl (C=O) groups excluding carboxylic acids is 1. The van der Waals surface area contributed by atoms with Crippen LogP contribution in [0, 0.1) is 6.92 Å². The molecule has 0 aliphatic heterocycles. The van der Waals surface area contributed by atoms with E-state index in [1.165, 1.54) is 5.56 Å². The fraction of sp³-hybridized carbons (Fsp3) is 0.0500. The van der Waals surface area contributed by atoms with Gasteiger partial charge in [0.05, 0.1) is 0 Å². The standard InChI is InChI=1S/C20H17NO/c1-16-12-14-19(15-13-16)21(18-10-6-3-7-11-18)20(22)17-8-4-2-5-9-17/h2-15H,1H3. The Kier molecular flexibility index (Phi) is 4.01. The Bertz CT molecular complexity index is 749. The summed E-state index contributed by atoms with van der Waals surface area (Å²) < 4.78 is 0. The highest BCUT2D eigenvalue weighted by atomic mass is 16.2. The Balaban J connectivity index is 2.07. The van der Waals surface area contributed by atoms with Crippen LogP contribution < -0.4 is 4.90 Å². The summed E-state index contributed by atoms with van der Waals surface area (Å²) in [5.74, 6) is -0.0318. The number of hydrogen-bond acceptors (Lipinski definition) is 1. The molecular weight excluding hydrogens is 270 g/mol. The number of amides is 1. The number of para-hydroxylation sites is 1. The quantitative estimate of drug-likeness (QED) is 0.665. The van der Waals surface area contributed by atoms with Crippen molar-refractivity contribution >= 4 is 17.3 Å². The molecule has 108 valence electrons. The lowest BCUT2D eigenvalue weighted by molar-refractivity contribution is 0.0999. The van der Waals surface area contributed by atoms with Crippen LogP contribution >= 0.6 is 0 Å². The van der Waals surface area contributed by atoms with Crippen LogP contribution in [0.25, 0.3) is 0 Å². The van der Waals surface area contributed by atoms with Gasteiger partial charge in [-0.15, -0.1) is 0 Å². The Morgan fingerprint density at radius 3 is 1.77 bits per heavy atom. The van der Waals surface area contributed by atoms with Crippen LogP contribution in [-0.2, 0) is 0 Å². The third kappa shape index (κ3) is 2.91. The molecule has 1 amide bonds. The summed E-state index contributed by atoms with van der Waals surface area (Å²) in [5, 5.41) is 0. The van der Waals surface area contributed by atoms with Crippen molar-refractivity contribution < 1.29 is 4.79 Å². The van der Waals surface area contributed by atoms with Crippen LogP contribution in [0.3, 0.4) is 0 Å². The molecule has 2 heteroatoms. The SMILES string of the molecule is Cc1ccc(N(C(=O)c2ccccc2)c2ccccc2)cc1. The fourth-order valence-corrected chi connectivity index (χ4v) is 2.36. The highest BCUT2D eigenvalue weighted by molar-refractivity contribution is 6.10. The Morgan fingerprint density at radius 2 is 1.18 bits per heavy atom. The van der Waals surface area contributed by atoms with Crippen LogP contribution in [0.4, 0.5) is 11.4 Å². The summed E-state index contributed by atoms with van der Waals surface area (Å²) in [5.41, 5.74) is 3.57. The van der Waals surface area contributed by atoms with Crippen molar-refractivity contribution in [3.8, 4) is 0 Å². The predicted octanol–water partition coefficient (Wildman–Crippen LogP) is 4.97. The van der Waals surface area contributed by atoms with Crippen molar-refractivity contribution in [2.45, 2.75) is 6.92 Å². The minimum atomic E-state index is -0.0318. The molecule has 22 heavy (non-hydrogen) atoms. The number of carbonyl (C=O) groups is 1. The highest BCUT2D eigenvalue weighted by Crippen LogP contribution is 2.27. The summed E-state index contributed by atoms with van der Waals surface area (Å²) in [6.07, 6.45) is 0. The Morgan fingerprint density at radius 1 is 0.682 bits per heavy atom. The minimum Gasteiger partial charge on any atom is -0.277 e. The van der Waals surface area contributed by atoms with Crippen molar-refractivity contribution in [1.82, 2.24) is 0 Å². The summed E-state index contributed by atoms with van der Waals surface area (Å²) in [4.78, 5) is 14.7. The lowest BCUT2D eigenvalue weighted by Crippen LogP contribution is -2.25. The number of nitrogens with zero attached hydrogens (tertiary/aromatic N) is 1. The maximum Gasteiger partial charge on any atom is 0.262 e. The first kappa shape index (κ1) is 14.1. The first-order valence-corrected chi connectivity index (χ1v) is 7.27. The molecule has 0 aliphatic carbocycles. The Labute approximate surface area is 130 Å². The largest absolute Gasteiger partial charge is 0.277 e. The van der Waals surface area contributed by atoms with Gasteiger partial charge >= 0.3 is 0 Å². The molecule has 0 bridgehead atoms. The second kappa shape index (κ2) is 6.27. The maximum atomic E-state index is 13.0. The molecule has 0 aliphatic rings. The number of benzene rings is 3. The van der Waals surface area contributed by atoms with Gasteiger partial charge in [-0.2, -0.15) is 0 Å². The van der Waals surface area contributed by atoms with E-state index in [1.54, 1.807) is 4.90 Å². The predicted molar refractivity (Wildman–Crippen MR) is 90.5 cm³/mol. The molecule has 0 radical (unpaired) electrons. The molecule has 0 fully saturated rings. The van der Waals surface area contributed by atoms with E-state index >= 15 is 0 Å². The normalized spacial score (nSPS) is 10.2. The molecule has 0 heterocycles. The third-order valence-electron chi connectivity index (χ3n) is 3.53. The van der Waals surface area contributed by atoms with Gasteiger partial charge < -0.3 is 0 Å². The van der Waals surface area contributed by atoms with Crippen molar-refractivity contribution in [2.24, 2.45) is 0 Å². The van der Waals surface area contributed by atoms with E-state index < -0.39 is 0 Å². The van der Waals surface area contributed by atoms with E-state index in [0.29, 0.717) is 5.56 Å². The molecule has 0 aromatic heterocycles. The van der Waals surface area contributed by atoms with Gasteiger partial charge in [0.15, 0.2) is 0 Å². The second-order valence-electron chi connectivity index (χ2n) is 5.18. The van der Waals surface area contributed by atoms with Gasteiger partial charge in [0.25, 0.3) is 5.91 Å². The van der Waals surface area contributed by atoms with Crippen LogP contribution in [0.1, 0.15) is 15.9 Å². The van der Waals surface area contributed by atoms with Crippen molar-refractivity contribution in [1.29, 1.82) is 0 Å². The molecule has 0 unspecified atom stereocenters. The van der Waals surface area contributed by atoms with Gasteiger partial charge in [-0.3, -0.25) is 9.69 Å². The number of anilines is 2. The zero-order valence-corrected chi connectivity index (χ0v) is 12.4. The number of rotatable bonds is 3. The molecule has 0 saturated heterocycles. The van der Waals surface area contributed by atoms with Crippen molar-refractivity contribution in [2.75, 3.05) is 4.90 Å². The smallest absolute Gasteiger partial charge is 0.262 e. The molecular formula is C20H17NO. The van der Waals surface area contributed by atoms with E-state index in [4.69, 9.17) is 0 Å². The lowest BCUT2D eigenvalue weighted by atomic mass is 10.1. The fourth-order valence-electron chi connectivity index (χ4n) is 2.36. The molecule has 0 N–H and O–H groups in total. The second-order valence-corrected chi connectivity index (χ2v) is 5.18. The average Bonchev–Trinajstić information content (AvgIpc) is 2.58. The average molecular weight is 287 g/mol. The monoisotopic (exact) mass is 287 g/mol. The topological polar surface area (TPSA) is 20.3 Å².